The molecular formula is C21H27N3O3. The number of likely N-dealkylation sites (N-methyl/N-ethyl adjacent to an activating group) is 1. The van der Waals surface area contributed by atoms with Crippen molar-refractivity contribution >= 4 is 11.8 Å². The van der Waals surface area contributed by atoms with E-state index < -0.39 is 5.72 Å². The van der Waals surface area contributed by atoms with Crippen LogP contribution in [0.4, 0.5) is 0 Å². The first kappa shape index (κ1) is 17.0. The Morgan fingerprint density at radius 3 is 2.70 bits per heavy atom. The first-order chi connectivity index (χ1) is 13.1. The highest BCUT2D eigenvalue weighted by molar-refractivity contribution is 5.98. The van der Waals surface area contributed by atoms with Gasteiger partial charge in [0, 0.05) is 44.4 Å². The number of nitrogens with zero attached hydrogens (tertiary/aromatic N) is 2. The quantitative estimate of drug-likeness (QED) is 0.819. The normalized spacial score (nSPS) is 35.5. The monoisotopic (exact) mass is 369 g/mol. The summed E-state index contributed by atoms with van der Waals surface area (Å²) < 4.78 is 6.39. The standard InChI is InChI=1S/C21H27N3O3/c1-23-8-10-24(11-9-23)20(26)17-12-15-7-6-14(17)13-21(15)22-19(25)16-4-2-3-5-18(16)27-21/h2-5,14-15,17H,6-13H2,1H3,(H,22,25)/t14-,15+,17-,21-/m0/s1. The number of benzene rings is 1. The molecule has 1 aromatic rings. The highest BCUT2D eigenvalue weighted by Crippen LogP contribution is 2.52. The van der Waals surface area contributed by atoms with Gasteiger partial charge >= 0.3 is 0 Å². The van der Waals surface area contributed by atoms with Gasteiger partial charge in [-0.1, -0.05) is 12.1 Å². The summed E-state index contributed by atoms with van der Waals surface area (Å²) in [6, 6.07) is 7.45. The number of amides is 2. The predicted octanol–water partition coefficient (Wildman–Crippen LogP) is 1.72. The Labute approximate surface area is 159 Å². The molecular weight excluding hydrogens is 342 g/mol. The van der Waals surface area contributed by atoms with E-state index >= 15 is 0 Å². The minimum atomic E-state index is -0.632. The molecule has 1 N–H and O–H groups in total. The topological polar surface area (TPSA) is 61.9 Å². The highest BCUT2D eigenvalue weighted by atomic mass is 16.5. The van der Waals surface area contributed by atoms with Crippen LogP contribution in [0.3, 0.4) is 0 Å². The Morgan fingerprint density at radius 1 is 1.19 bits per heavy atom. The van der Waals surface area contributed by atoms with Crippen LogP contribution < -0.4 is 10.1 Å². The number of hydrogen-bond acceptors (Lipinski definition) is 4. The molecule has 27 heavy (non-hydrogen) atoms. The van der Waals surface area contributed by atoms with E-state index in [0.29, 0.717) is 17.2 Å². The number of carbonyl (C=O) groups excluding carboxylic acids is 2. The lowest BCUT2D eigenvalue weighted by molar-refractivity contribution is -0.156. The summed E-state index contributed by atoms with van der Waals surface area (Å²) in [5.41, 5.74) is -0.0256. The van der Waals surface area contributed by atoms with E-state index in [1.807, 2.05) is 23.1 Å². The second-order valence-corrected chi connectivity index (χ2v) is 8.65. The van der Waals surface area contributed by atoms with Crippen molar-refractivity contribution in [3.8, 4) is 5.75 Å². The number of hydrogen-bond donors (Lipinski definition) is 1. The SMILES string of the molecule is CN1CCN(C(=O)[C@H]2C[C@H]3CC[C@H]2C[C@@]32NC(=O)c3ccccc3O2)CC1. The van der Waals surface area contributed by atoms with E-state index in [9.17, 15) is 9.59 Å². The van der Waals surface area contributed by atoms with Gasteiger partial charge in [0.1, 0.15) is 5.75 Å². The highest BCUT2D eigenvalue weighted by Gasteiger charge is 2.57. The van der Waals surface area contributed by atoms with Gasteiger partial charge in [0.2, 0.25) is 5.91 Å². The predicted molar refractivity (Wildman–Crippen MR) is 100 cm³/mol. The maximum absolute atomic E-state index is 13.2. The number of rotatable bonds is 1. The molecule has 5 aliphatic rings. The van der Waals surface area contributed by atoms with Gasteiger partial charge in [-0.2, -0.15) is 0 Å². The Balaban J connectivity index is 1.35. The van der Waals surface area contributed by atoms with Crippen LogP contribution >= 0.6 is 0 Å². The molecule has 2 bridgehead atoms. The third-order valence-electron chi connectivity index (χ3n) is 7.10. The second-order valence-electron chi connectivity index (χ2n) is 8.65. The summed E-state index contributed by atoms with van der Waals surface area (Å²) >= 11 is 0. The van der Waals surface area contributed by atoms with E-state index in [2.05, 4.69) is 17.3 Å². The number of carbonyl (C=O) groups is 2. The van der Waals surface area contributed by atoms with Gasteiger partial charge in [-0.3, -0.25) is 9.59 Å². The van der Waals surface area contributed by atoms with Gasteiger partial charge in [-0.15, -0.1) is 0 Å². The molecule has 4 fully saturated rings. The minimum absolute atomic E-state index is 0.0497. The maximum atomic E-state index is 13.2. The lowest BCUT2D eigenvalue weighted by Gasteiger charge is -2.55. The van der Waals surface area contributed by atoms with Crippen molar-refractivity contribution < 1.29 is 14.3 Å². The third kappa shape index (κ3) is 2.73. The van der Waals surface area contributed by atoms with Crippen LogP contribution in [-0.2, 0) is 4.79 Å². The molecule has 0 unspecified atom stereocenters. The fraction of sp³-hybridized carbons (Fsp3) is 0.619. The van der Waals surface area contributed by atoms with E-state index in [4.69, 9.17) is 4.74 Å². The van der Waals surface area contributed by atoms with Crippen LogP contribution in [0.2, 0.25) is 0 Å². The van der Waals surface area contributed by atoms with E-state index in [0.717, 1.165) is 51.9 Å². The summed E-state index contributed by atoms with van der Waals surface area (Å²) in [5, 5.41) is 3.17. The van der Waals surface area contributed by atoms with E-state index in [1.165, 1.54) is 0 Å². The number of para-hydroxylation sites is 1. The first-order valence-corrected chi connectivity index (χ1v) is 10.1. The minimum Gasteiger partial charge on any atom is -0.467 e. The zero-order valence-corrected chi connectivity index (χ0v) is 15.8. The van der Waals surface area contributed by atoms with Crippen LogP contribution in [0.25, 0.3) is 0 Å². The first-order valence-electron chi connectivity index (χ1n) is 10.1. The van der Waals surface area contributed by atoms with Gasteiger partial charge in [-0.05, 0) is 44.4 Å². The molecule has 0 aromatic heterocycles. The molecule has 0 radical (unpaired) electrons. The van der Waals surface area contributed by atoms with E-state index in [1.54, 1.807) is 6.07 Å². The van der Waals surface area contributed by atoms with Crippen LogP contribution in [-0.4, -0.2) is 60.6 Å². The Hall–Kier alpha value is -2.08. The fourth-order valence-corrected chi connectivity index (χ4v) is 5.52. The van der Waals surface area contributed by atoms with Gasteiger partial charge in [0.15, 0.2) is 5.72 Å². The lowest BCUT2D eigenvalue weighted by atomic mass is 9.59. The molecule has 3 aliphatic carbocycles. The Bertz CT molecular complexity index is 774. The van der Waals surface area contributed by atoms with Crippen molar-refractivity contribution in [3.05, 3.63) is 29.8 Å². The molecule has 2 amide bonds. The molecule has 2 heterocycles. The fourth-order valence-electron chi connectivity index (χ4n) is 5.52. The zero-order valence-electron chi connectivity index (χ0n) is 15.8. The molecule has 1 saturated heterocycles. The molecule has 1 spiro atoms. The van der Waals surface area contributed by atoms with Crippen molar-refractivity contribution in [2.24, 2.45) is 17.8 Å². The molecule has 6 nitrogen and oxygen atoms in total. The van der Waals surface area contributed by atoms with Crippen molar-refractivity contribution in [3.63, 3.8) is 0 Å². The summed E-state index contributed by atoms with van der Waals surface area (Å²) in [5.74, 6) is 1.50. The van der Waals surface area contributed by atoms with Crippen molar-refractivity contribution in [1.29, 1.82) is 0 Å². The van der Waals surface area contributed by atoms with Gasteiger partial charge < -0.3 is 19.9 Å². The number of nitrogens with one attached hydrogen (secondary N) is 1. The molecule has 4 atom stereocenters. The molecule has 1 aromatic carbocycles. The zero-order chi connectivity index (χ0) is 18.6. The summed E-state index contributed by atoms with van der Waals surface area (Å²) in [4.78, 5) is 30.1. The van der Waals surface area contributed by atoms with Crippen LogP contribution in [0.5, 0.6) is 5.75 Å². The van der Waals surface area contributed by atoms with Crippen LogP contribution in [0.15, 0.2) is 24.3 Å². The molecule has 144 valence electrons. The average molecular weight is 369 g/mol. The molecule has 3 saturated carbocycles. The molecule has 6 heteroatoms. The Morgan fingerprint density at radius 2 is 1.96 bits per heavy atom. The van der Waals surface area contributed by atoms with E-state index in [-0.39, 0.29) is 23.7 Å². The van der Waals surface area contributed by atoms with Gasteiger partial charge in [0.05, 0.1) is 5.56 Å². The maximum Gasteiger partial charge on any atom is 0.258 e. The van der Waals surface area contributed by atoms with Gasteiger partial charge in [-0.25, -0.2) is 0 Å². The second kappa shape index (κ2) is 6.23. The summed E-state index contributed by atoms with van der Waals surface area (Å²) in [6.07, 6.45) is 3.62. The van der Waals surface area contributed by atoms with Crippen molar-refractivity contribution in [2.75, 3.05) is 33.2 Å². The Kier molecular flexibility index (Phi) is 3.93. The summed E-state index contributed by atoms with van der Waals surface area (Å²) in [6.45, 7) is 3.56. The third-order valence-corrected chi connectivity index (χ3v) is 7.10. The van der Waals surface area contributed by atoms with Crippen LogP contribution in [0, 0.1) is 17.8 Å². The number of ether oxygens (including phenoxy) is 1. The largest absolute Gasteiger partial charge is 0.467 e. The molecule has 6 rings (SSSR count). The average Bonchev–Trinajstić information content (AvgIpc) is 2.68. The van der Waals surface area contributed by atoms with Crippen molar-refractivity contribution in [2.45, 2.75) is 31.4 Å². The number of piperazine rings is 1. The van der Waals surface area contributed by atoms with Gasteiger partial charge in [0.25, 0.3) is 5.91 Å². The summed E-state index contributed by atoms with van der Waals surface area (Å²) in [7, 11) is 2.11. The lowest BCUT2D eigenvalue weighted by Crippen LogP contribution is -2.67. The molecule has 2 aliphatic heterocycles. The van der Waals surface area contributed by atoms with Crippen LogP contribution in [0.1, 0.15) is 36.0 Å². The van der Waals surface area contributed by atoms with Crippen molar-refractivity contribution in [1.82, 2.24) is 15.1 Å². The smallest absolute Gasteiger partial charge is 0.258 e. The number of fused-ring (bicyclic) bond motifs is 3.